The van der Waals surface area contributed by atoms with Crippen LogP contribution in [-0.2, 0) is 11.2 Å². The van der Waals surface area contributed by atoms with Crippen molar-refractivity contribution >= 4 is 11.9 Å². The molecule has 1 N–H and O–H groups in total. The molecule has 0 spiro atoms. The number of aromatic carboxylic acids is 1. The number of nitrogens with zero attached hydrogens (tertiary/aromatic N) is 3. The number of hydrogen-bond donors (Lipinski definition) is 1. The van der Waals surface area contributed by atoms with Crippen LogP contribution in [0.1, 0.15) is 55.5 Å². The maximum Gasteiger partial charge on any atom is 0.335 e. The molecule has 0 aliphatic carbocycles. The second kappa shape index (κ2) is 8.31. The quantitative estimate of drug-likeness (QED) is 0.847. The Hall–Kier alpha value is -2.76. The van der Waals surface area contributed by atoms with Gasteiger partial charge in [-0.3, -0.25) is 4.79 Å². The lowest BCUT2D eigenvalue weighted by atomic mass is 9.89. The lowest BCUT2D eigenvalue weighted by Gasteiger charge is -2.35. The van der Waals surface area contributed by atoms with Gasteiger partial charge in [-0.15, -0.1) is 0 Å². The summed E-state index contributed by atoms with van der Waals surface area (Å²) in [6, 6.07) is 8.68. The molecule has 2 heterocycles. The molecule has 6 nitrogen and oxygen atoms in total. The third-order valence-electron chi connectivity index (χ3n) is 5.34. The van der Waals surface area contributed by atoms with Crippen LogP contribution in [0.5, 0.6) is 0 Å². The number of carbonyl (C=O) groups is 2. The topological polar surface area (TPSA) is 83.4 Å². The molecule has 154 valence electrons. The monoisotopic (exact) mass is 395 g/mol. The normalized spacial score (nSPS) is 15.4. The van der Waals surface area contributed by atoms with E-state index in [1.165, 1.54) is 0 Å². The van der Waals surface area contributed by atoms with Crippen molar-refractivity contribution in [2.24, 2.45) is 11.3 Å². The molecule has 0 atom stereocenters. The zero-order valence-electron chi connectivity index (χ0n) is 17.6. The maximum atomic E-state index is 12.5. The average Bonchev–Trinajstić information content (AvgIpc) is 2.67. The molecular weight excluding hydrogens is 366 g/mol. The molecule has 1 aromatic carbocycles. The Kier molecular flexibility index (Phi) is 6.01. The second-order valence-electron chi connectivity index (χ2n) is 8.88. The first-order valence-corrected chi connectivity index (χ1v) is 10.1. The lowest BCUT2D eigenvalue weighted by Crippen LogP contribution is -2.44. The van der Waals surface area contributed by atoms with Gasteiger partial charge in [0.2, 0.25) is 5.91 Å². The molecule has 2 aromatic rings. The van der Waals surface area contributed by atoms with E-state index >= 15 is 0 Å². The predicted molar refractivity (Wildman–Crippen MR) is 112 cm³/mol. The Morgan fingerprint density at radius 2 is 1.72 bits per heavy atom. The van der Waals surface area contributed by atoms with Crippen LogP contribution < -0.4 is 0 Å². The van der Waals surface area contributed by atoms with Gasteiger partial charge in [0, 0.05) is 36.2 Å². The van der Waals surface area contributed by atoms with Crippen LogP contribution in [0.25, 0.3) is 11.3 Å². The molecule has 1 amide bonds. The van der Waals surface area contributed by atoms with Gasteiger partial charge in [-0.25, -0.2) is 14.8 Å². The Morgan fingerprint density at radius 3 is 2.28 bits per heavy atom. The molecule has 1 fully saturated rings. The standard InChI is InChI=1S/C23H29N3O3/c1-15-13-19(17-5-7-18(8-6-17)21(27)28)25-20(24-15)14-16-9-11-26(12-10-16)22(29)23(2,3)4/h5-8,13,16H,9-12,14H2,1-4H3,(H,27,28). The van der Waals surface area contributed by atoms with Crippen molar-refractivity contribution in [3.63, 3.8) is 0 Å². The lowest BCUT2D eigenvalue weighted by molar-refractivity contribution is -0.140. The van der Waals surface area contributed by atoms with Crippen LogP contribution in [0.3, 0.4) is 0 Å². The summed E-state index contributed by atoms with van der Waals surface area (Å²) in [5.41, 5.74) is 2.51. The minimum Gasteiger partial charge on any atom is -0.478 e. The third-order valence-corrected chi connectivity index (χ3v) is 5.34. The number of carboxylic acid groups (broad SMARTS) is 1. The highest BCUT2D eigenvalue weighted by Gasteiger charge is 2.30. The maximum absolute atomic E-state index is 12.5. The summed E-state index contributed by atoms with van der Waals surface area (Å²) in [6.45, 7) is 9.42. The average molecular weight is 396 g/mol. The van der Waals surface area contributed by atoms with E-state index in [4.69, 9.17) is 10.1 Å². The summed E-state index contributed by atoms with van der Waals surface area (Å²) in [5, 5.41) is 9.06. The number of likely N-dealkylation sites (tertiary alicyclic amines) is 1. The van der Waals surface area contributed by atoms with Crippen molar-refractivity contribution in [2.75, 3.05) is 13.1 Å². The summed E-state index contributed by atoms with van der Waals surface area (Å²) in [5.74, 6) is 0.549. The molecule has 0 unspecified atom stereocenters. The van der Waals surface area contributed by atoms with Gasteiger partial charge in [0.05, 0.1) is 11.3 Å². The van der Waals surface area contributed by atoms with E-state index in [1.54, 1.807) is 24.3 Å². The summed E-state index contributed by atoms with van der Waals surface area (Å²) in [6.07, 6.45) is 2.71. The van der Waals surface area contributed by atoms with Gasteiger partial charge >= 0.3 is 5.97 Å². The van der Waals surface area contributed by atoms with E-state index in [-0.39, 0.29) is 16.9 Å². The number of hydrogen-bond acceptors (Lipinski definition) is 4. The zero-order valence-corrected chi connectivity index (χ0v) is 17.6. The van der Waals surface area contributed by atoms with Crippen molar-refractivity contribution in [1.82, 2.24) is 14.9 Å². The molecule has 1 saturated heterocycles. The summed E-state index contributed by atoms with van der Waals surface area (Å²) in [7, 11) is 0. The highest BCUT2D eigenvalue weighted by Crippen LogP contribution is 2.26. The highest BCUT2D eigenvalue weighted by molar-refractivity contribution is 5.88. The smallest absolute Gasteiger partial charge is 0.335 e. The number of benzene rings is 1. The molecule has 1 aliphatic rings. The van der Waals surface area contributed by atoms with Gasteiger partial charge in [0.15, 0.2) is 0 Å². The Balaban J connectivity index is 1.68. The number of amides is 1. The zero-order chi connectivity index (χ0) is 21.2. The van der Waals surface area contributed by atoms with E-state index in [0.717, 1.165) is 55.1 Å². The number of carbonyl (C=O) groups excluding carboxylic acids is 1. The van der Waals surface area contributed by atoms with Crippen LogP contribution >= 0.6 is 0 Å². The van der Waals surface area contributed by atoms with Gasteiger partial charge < -0.3 is 10.0 Å². The largest absolute Gasteiger partial charge is 0.478 e. The first-order valence-electron chi connectivity index (χ1n) is 10.1. The molecule has 1 aromatic heterocycles. The molecule has 29 heavy (non-hydrogen) atoms. The number of aryl methyl sites for hydroxylation is 1. The Labute approximate surface area is 172 Å². The van der Waals surface area contributed by atoms with Crippen molar-refractivity contribution in [3.05, 3.63) is 47.4 Å². The summed E-state index contributed by atoms with van der Waals surface area (Å²) < 4.78 is 0. The number of carboxylic acids is 1. The predicted octanol–water partition coefficient (Wildman–Crippen LogP) is 3.98. The molecular formula is C23H29N3O3. The Morgan fingerprint density at radius 1 is 1.10 bits per heavy atom. The van der Waals surface area contributed by atoms with Crippen molar-refractivity contribution in [2.45, 2.75) is 47.0 Å². The van der Waals surface area contributed by atoms with Crippen molar-refractivity contribution < 1.29 is 14.7 Å². The van der Waals surface area contributed by atoms with Crippen molar-refractivity contribution in [3.8, 4) is 11.3 Å². The molecule has 0 radical (unpaired) electrons. The SMILES string of the molecule is Cc1cc(-c2ccc(C(=O)O)cc2)nc(CC2CCN(C(=O)C(C)(C)C)CC2)n1. The first kappa shape index (κ1) is 21.0. The van der Waals surface area contributed by atoms with Gasteiger partial charge in [-0.05, 0) is 43.9 Å². The van der Waals surface area contributed by atoms with Gasteiger partial charge in [0.25, 0.3) is 0 Å². The van der Waals surface area contributed by atoms with E-state index < -0.39 is 5.97 Å². The molecule has 0 bridgehead atoms. The number of aromatic nitrogens is 2. The van der Waals surface area contributed by atoms with Crippen LogP contribution in [0.2, 0.25) is 0 Å². The van der Waals surface area contributed by atoms with Gasteiger partial charge in [-0.2, -0.15) is 0 Å². The van der Waals surface area contributed by atoms with Crippen molar-refractivity contribution in [1.29, 1.82) is 0 Å². The molecule has 6 heteroatoms. The van der Waals surface area contributed by atoms with Gasteiger partial charge in [0.1, 0.15) is 5.82 Å². The fourth-order valence-electron chi connectivity index (χ4n) is 3.73. The second-order valence-corrected chi connectivity index (χ2v) is 8.88. The van der Waals surface area contributed by atoms with Crippen LogP contribution in [0.15, 0.2) is 30.3 Å². The molecule has 1 aliphatic heterocycles. The minimum atomic E-state index is -0.938. The summed E-state index contributed by atoms with van der Waals surface area (Å²) >= 11 is 0. The van der Waals surface area contributed by atoms with Crippen LogP contribution in [0, 0.1) is 18.3 Å². The van der Waals surface area contributed by atoms with E-state index in [1.807, 2.05) is 38.7 Å². The minimum absolute atomic E-state index is 0.217. The highest BCUT2D eigenvalue weighted by atomic mass is 16.4. The first-order chi connectivity index (χ1) is 13.6. The van der Waals surface area contributed by atoms with Crippen LogP contribution in [-0.4, -0.2) is 44.9 Å². The molecule has 0 saturated carbocycles. The number of rotatable bonds is 4. The van der Waals surface area contributed by atoms with E-state index in [2.05, 4.69) is 4.98 Å². The third kappa shape index (κ3) is 5.19. The number of piperidine rings is 1. The fraction of sp³-hybridized carbons (Fsp3) is 0.478. The Bertz CT molecular complexity index is 893. The molecule has 3 rings (SSSR count). The van der Waals surface area contributed by atoms with E-state index in [0.29, 0.717) is 5.92 Å². The summed E-state index contributed by atoms with van der Waals surface area (Å²) in [4.78, 5) is 34.8. The van der Waals surface area contributed by atoms with Crippen LogP contribution in [0.4, 0.5) is 0 Å². The fourth-order valence-corrected chi connectivity index (χ4v) is 3.73. The van der Waals surface area contributed by atoms with Gasteiger partial charge in [-0.1, -0.05) is 32.9 Å². The van der Waals surface area contributed by atoms with E-state index in [9.17, 15) is 9.59 Å².